The highest BCUT2D eigenvalue weighted by molar-refractivity contribution is 5.70. The Balaban J connectivity index is 4.40. The maximum absolute atomic E-state index is 12.8. The van der Waals surface area contributed by atoms with Crippen LogP contribution in [0.3, 0.4) is 0 Å². The smallest absolute Gasteiger partial charge is 0.306 e. The SMILES string of the molecule is CC/C=C\C/C=C\C/C=C\C/C=C\C/C=C\CCCCOCC(COC(=O)CCCCCCCC/C=C\C/C=C\C/C=C\CCCCC)OC(=O)CCCCCCC/C=C\CCCCCCCC. The zero-order chi connectivity index (χ0) is 49.2. The Hall–Kier alpha value is -3.44. The van der Waals surface area contributed by atoms with E-state index in [-0.39, 0.29) is 25.2 Å². The summed E-state index contributed by atoms with van der Waals surface area (Å²) in [7, 11) is 0. The van der Waals surface area contributed by atoms with E-state index in [2.05, 4.69) is 130 Å². The van der Waals surface area contributed by atoms with Crippen LogP contribution in [0.2, 0.25) is 0 Å². The predicted molar refractivity (Wildman–Crippen MR) is 297 cm³/mol. The summed E-state index contributed by atoms with van der Waals surface area (Å²) in [6.45, 7) is 7.56. The Morgan fingerprint density at radius 1 is 0.338 bits per heavy atom. The molecule has 388 valence electrons. The molecule has 0 aromatic heterocycles. The molecule has 5 heteroatoms. The third-order valence-electron chi connectivity index (χ3n) is 11.8. The zero-order valence-corrected chi connectivity index (χ0v) is 44.6. The summed E-state index contributed by atoms with van der Waals surface area (Å²) in [6.07, 6.45) is 79.6. The number of hydrogen-bond donors (Lipinski definition) is 0. The third kappa shape index (κ3) is 55.2. The lowest BCUT2D eigenvalue weighted by Crippen LogP contribution is -2.30. The van der Waals surface area contributed by atoms with Crippen molar-refractivity contribution in [2.24, 2.45) is 0 Å². The van der Waals surface area contributed by atoms with Crippen LogP contribution in [0.1, 0.15) is 252 Å². The van der Waals surface area contributed by atoms with Crippen molar-refractivity contribution in [2.75, 3.05) is 19.8 Å². The summed E-state index contributed by atoms with van der Waals surface area (Å²) in [5.74, 6) is -0.447. The van der Waals surface area contributed by atoms with Crippen LogP contribution in [0.25, 0.3) is 0 Å². The predicted octanol–water partition coefficient (Wildman–Crippen LogP) is 19.6. The average Bonchev–Trinajstić information content (AvgIpc) is 3.34. The van der Waals surface area contributed by atoms with Crippen LogP contribution >= 0.6 is 0 Å². The lowest BCUT2D eigenvalue weighted by molar-refractivity contribution is -0.163. The molecule has 0 saturated heterocycles. The fraction of sp³-hybridized carbons (Fsp3) is 0.683. The van der Waals surface area contributed by atoms with Gasteiger partial charge in [0.25, 0.3) is 0 Å². The first-order valence-corrected chi connectivity index (χ1v) is 28.4. The molecule has 0 bridgehead atoms. The largest absolute Gasteiger partial charge is 0.462 e. The first kappa shape index (κ1) is 64.6. The Kier molecular flexibility index (Phi) is 54.9. The Morgan fingerprint density at radius 2 is 0.662 bits per heavy atom. The van der Waals surface area contributed by atoms with Crippen LogP contribution in [-0.2, 0) is 23.8 Å². The van der Waals surface area contributed by atoms with Crippen LogP contribution in [0, 0.1) is 0 Å². The molecule has 1 atom stereocenters. The van der Waals surface area contributed by atoms with Gasteiger partial charge in [-0.15, -0.1) is 0 Å². The molecule has 0 fully saturated rings. The van der Waals surface area contributed by atoms with E-state index in [4.69, 9.17) is 14.2 Å². The molecule has 0 aliphatic rings. The molecule has 0 aromatic carbocycles. The molecule has 0 aromatic rings. The van der Waals surface area contributed by atoms with E-state index in [1.807, 2.05) is 0 Å². The van der Waals surface area contributed by atoms with Crippen LogP contribution in [-0.4, -0.2) is 37.9 Å². The van der Waals surface area contributed by atoms with Crippen molar-refractivity contribution in [3.05, 3.63) is 109 Å². The van der Waals surface area contributed by atoms with Gasteiger partial charge in [-0.3, -0.25) is 9.59 Å². The van der Waals surface area contributed by atoms with Crippen LogP contribution in [0.15, 0.2) is 109 Å². The maximum Gasteiger partial charge on any atom is 0.306 e. The van der Waals surface area contributed by atoms with E-state index in [1.165, 1.54) is 103 Å². The molecular formula is C63H106O5. The number of esters is 2. The highest BCUT2D eigenvalue weighted by Crippen LogP contribution is 2.13. The molecule has 0 N–H and O–H groups in total. The number of carbonyl (C=O) groups is 2. The standard InChI is InChI=1S/C63H106O5/c1-4-7-10-13-16-19-22-25-28-30-32-33-36-38-41-44-47-50-53-56-62(64)67-60-61(68-63(65)57-54-51-48-45-42-39-35-27-24-21-18-15-12-9-6-3)59-66-58-55-52-49-46-43-40-37-34-31-29-26-23-20-17-14-11-8-5-2/h8,11,16-17,19-20,25-29,32-35,37,43,46,61H,4-7,9-10,12-15,18,21-24,30-31,36,38-42,44-45,47-60H2,1-3H3/b11-8-,19-16-,20-17-,28-25-,29-26-,33-32-,35-27-,37-34-,46-43-. The van der Waals surface area contributed by atoms with Gasteiger partial charge in [0.1, 0.15) is 6.61 Å². The van der Waals surface area contributed by atoms with E-state index in [0.29, 0.717) is 19.4 Å². The second-order valence-electron chi connectivity index (χ2n) is 18.4. The lowest BCUT2D eigenvalue weighted by Gasteiger charge is -2.18. The second-order valence-corrected chi connectivity index (χ2v) is 18.4. The summed E-state index contributed by atoms with van der Waals surface area (Å²) in [5.41, 5.74) is 0. The van der Waals surface area contributed by atoms with E-state index in [0.717, 1.165) is 116 Å². The van der Waals surface area contributed by atoms with Gasteiger partial charge in [-0.25, -0.2) is 0 Å². The molecular weight excluding hydrogens is 837 g/mol. The van der Waals surface area contributed by atoms with Gasteiger partial charge in [-0.05, 0) is 128 Å². The fourth-order valence-electron chi connectivity index (χ4n) is 7.54. The Labute approximate surface area is 421 Å². The third-order valence-corrected chi connectivity index (χ3v) is 11.8. The van der Waals surface area contributed by atoms with Crippen molar-refractivity contribution in [3.8, 4) is 0 Å². The van der Waals surface area contributed by atoms with Crippen LogP contribution in [0.4, 0.5) is 0 Å². The van der Waals surface area contributed by atoms with Gasteiger partial charge in [0, 0.05) is 19.4 Å². The number of hydrogen-bond acceptors (Lipinski definition) is 5. The topological polar surface area (TPSA) is 61.8 Å². The van der Waals surface area contributed by atoms with Gasteiger partial charge in [0.2, 0.25) is 0 Å². The van der Waals surface area contributed by atoms with E-state index >= 15 is 0 Å². The number of carbonyl (C=O) groups excluding carboxylic acids is 2. The van der Waals surface area contributed by atoms with Crippen molar-refractivity contribution < 1.29 is 23.8 Å². The molecule has 0 aliphatic carbocycles. The molecule has 0 saturated carbocycles. The van der Waals surface area contributed by atoms with E-state index in [9.17, 15) is 9.59 Å². The van der Waals surface area contributed by atoms with Crippen LogP contribution in [0.5, 0.6) is 0 Å². The van der Waals surface area contributed by atoms with E-state index in [1.54, 1.807) is 0 Å². The van der Waals surface area contributed by atoms with Crippen molar-refractivity contribution in [2.45, 2.75) is 258 Å². The molecule has 0 spiro atoms. The number of unbranched alkanes of at least 4 members (excludes halogenated alkanes) is 22. The monoisotopic (exact) mass is 943 g/mol. The number of rotatable bonds is 51. The summed E-state index contributed by atoms with van der Waals surface area (Å²) in [4.78, 5) is 25.5. The minimum atomic E-state index is -0.576. The highest BCUT2D eigenvalue weighted by Gasteiger charge is 2.17. The molecule has 0 amide bonds. The molecule has 0 heterocycles. The Bertz CT molecular complexity index is 1340. The summed E-state index contributed by atoms with van der Waals surface area (Å²) < 4.78 is 17.4. The quantitative estimate of drug-likeness (QED) is 0.0345. The molecule has 68 heavy (non-hydrogen) atoms. The van der Waals surface area contributed by atoms with Crippen molar-refractivity contribution in [1.82, 2.24) is 0 Å². The highest BCUT2D eigenvalue weighted by atomic mass is 16.6. The first-order chi connectivity index (χ1) is 33.6. The molecule has 0 radical (unpaired) electrons. The molecule has 0 aliphatic heterocycles. The van der Waals surface area contributed by atoms with Gasteiger partial charge in [0.15, 0.2) is 6.10 Å². The van der Waals surface area contributed by atoms with Gasteiger partial charge in [-0.1, -0.05) is 220 Å². The molecule has 1 unspecified atom stereocenters. The Morgan fingerprint density at radius 3 is 1.10 bits per heavy atom. The normalized spacial score (nSPS) is 13.0. The van der Waals surface area contributed by atoms with Gasteiger partial charge in [0.05, 0.1) is 6.61 Å². The van der Waals surface area contributed by atoms with Gasteiger partial charge < -0.3 is 14.2 Å². The van der Waals surface area contributed by atoms with Gasteiger partial charge in [-0.2, -0.15) is 0 Å². The number of ether oxygens (including phenoxy) is 3. The van der Waals surface area contributed by atoms with Crippen LogP contribution < -0.4 is 0 Å². The number of allylic oxidation sites excluding steroid dienone is 18. The lowest BCUT2D eigenvalue weighted by atomic mass is 10.1. The van der Waals surface area contributed by atoms with E-state index < -0.39 is 6.10 Å². The summed E-state index contributed by atoms with van der Waals surface area (Å²) >= 11 is 0. The van der Waals surface area contributed by atoms with Crippen molar-refractivity contribution >= 4 is 11.9 Å². The van der Waals surface area contributed by atoms with Crippen molar-refractivity contribution in [1.29, 1.82) is 0 Å². The first-order valence-electron chi connectivity index (χ1n) is 28.4. The molecule has 5 nitrogen and oxygen atoms in total. The fourth-order valence-corrected chi connectivity index (χ4v) is 7.54. The second kappa shape index (κ2) is 57.9. The van der Waals surface area contributed by atoms with Gasteiger partial charge >= 0.3 is 11.9 Å². The average molecular weight is 944 g/mol. The minimum absolute atomic E-state index is 0.0521. The van der Waals surface area contributed by atoms with Crippen molar-refractivity contribution in [3.63, 3.8) is 0 Å². The molecule has 0 rings (SSSR count). The maximum atomic E-state index is 12.8. The summed E-state index contributed by atoms with van der Waals surface area (Å²) in [5, 5.41) is 0. The minimum Gasteiger partial charge on any atom is -0.462 e. The zero-order valence-electron chi connectivity index (χ0n) is 44.6. The summed E-state index contributed by atoms with van der Waals surface area (Å²) in [6, 6.07) is 0.